The van der Waals surface area contributed by atoms with Crippen LogP contribution in [-0.2, 0) is 12.2 Å². The van der Waals surface area contributed by atoms with Crippen molar-refractivity contribution in [2.45, 2.75) is 30.2 Å². The van der Waals surface area contributed by atoms with Crippen LogP contribution in [0.25, 0.3) is 0 Å². The number of aromatic nitrogens is 3. The van der Waals surface area contributed by atoms with Crippen LogP contribution in [0.4, 0.5) is 0 Å². The number of carbonyl (C=O) groups excluding carboxylic acids is 1. The SMILES string of the molecule is N#Cc1csc(CSc2ncc3c(n2)CCCC3=O)n1. The summed E-state index contributed by atoms with van der Waals surface area (Å²) in [4.78, 5) is 24.5. The van der Waals surface area contributed by atoms with Gasteiger partial charge in [-0.1, -0.05) is 11.8 Å². The van der Waals surface area contributed by atoms with Gasteiger partial charge < -0.3 is 0 Å². The van der Waals surface area contributed by atoms with E-state index in [4.69, 9.17) is 5.26 Å². The Morgan fingerprint density at radius 2 is 2.30 bits per heavy atom. The van der Waals surface area contributed by atoms with Crippen LogP contribution in [0, 0.1) is 11.3 Å². The number of aryl methyl sites for hydroxylation is 1. The van der Waals surface area contributed by atoms with Crippen molar-refractivity contribution < 1.29 is 4.79 Å². The normalized spacial score (nSPS) is 13.8. The summed E-state index contributed by atoms with van der Waals surface area (Å²) in [7, 11) is 0. The molecule has 0 saturated heterocycles. The number of hydrogen-bond acceptors (Lipinski definition) is 7. The number of thioether (sulfide) groups is 1. The first-order chi connectivity index (χ1) is 9.76. The van der Waals surface area contributed by atoms with Crippen molar-refractivity contribution in [2.75, 3.05) is 0 Å². The molecule has 2 aromatic rings. The molecular weight excluding hydrogens is 292 g/mol. The van der Waals surface area contributed by atoms with Crippen LogP contribution < -0.4 is 0 Å². The van der Waals surface area contributed by atoms with Crippen LogP contribution >= 0.6 is 23.1 Å². The van der Waals surface area contributed by atoms with Crippen molar-refractivity contribution in [2.24, 2.45) is 0 Å². The number of ketones is 1. The molecule has 0 radical (unpaired) electrons. The highest BCUT2D eigenvalue weighted by atomic mass is 32.2. The second kappa shape index (κ2) is 5.69. The maximum atomic E-state index is 11.7. The molecule has 0 N–H and O–H groups in total. The van der Waals surface area contributed by atoms with E-state index < -0.39 is 0 Å². The molecule has 0 amide bonds. The summed E-state index contributed by atoms with van der Waals surface area (Å²) >= 11 is 2.93. The smallest absolute Gasteiger partial charge is 0.188 e. The predicted octanol–water partition coefficient (Wildman–Crippen LogP) is 2.62. The number of nitrogens with zero attached hydrogens (tertiary/aromatic N) is 4. The van der Waals surface area contributed by atoms with E-state index in [0.717, 1.165) is 23.5 Å². The van der Waals surface area contributed by atoms with Gasteiger partial charge in [0.05, 0.1) is 17.0 Å². The van der Waals surface area contributed by atoms with Gasteiger partial charge in [0.15, 0.2) is 16.6 Å². The summed E-state index contributed by atoms with van der Waals surface area (Å²) in [6.45, 7) is 0. The van der Waals surface area contributed by atoms with Crippen LogP contribution in [0.5, 0.6) is 0 Å². The largest absolute Gasteiger partial charge is 0.294 e. The molecule has 0 unspecified atom stereocenters. The third-order valence-electron chi connectivity index (χ3n) is 2.95. The Hall–Kier alpha value is -1.78. The van der Waals surface area contributed by atoms with Gasteiger partial charge in [0.1, 0.15) is 11.1 Å². The van der Waals surface area contributed by atoms with Crippen molar-refractivity contribution in [3.8, 4) is 6.07 Å². The number of thiazole rings is 1. The zero-order valence-corrected chi connectivity index (χ0v) is 12.1. The van der Waals surface area contributed by atoms with E-state index in [1.165, 1.54) is 23.1 Å². The maximum absolute atomic E-state index is 11.7. The van der Waals surface area contributed by atoms with Crippen molar-refractivity contribution in [1.82, 2.24) is 15.0 Å². The zero-order chi connectivity index (χ0) is 13.9. The van der Waals surface area contributed by atoms with E-state index >= 15 is 0 Å². The van der Waals surface area contributed by atoms with E-state index in [1.807, 2.05) is 6.07 Å². The second-order valence-corrected chi connectivity index (χ2v) is 6.20. The van der Waals surface area contributed by atoms with E-state index in [-0.39, 0.29) is 5.78 Å². The molecule has 2 aromatic heterocycles. The molecule has 100 valence electrons. The van der Waals surface area contributed by atoms with Gasteiger partial charge in [0.25, 0.3) is 0 Å². The lowest BCUT2D eigenvalue weighted by Gasteiger charge is -2.13. The quantitative estimate of drug-likeness (QED) is 0.640. The molecule has 0 aromatic carbocycles. The molecule has 2 heterocycles. The number of nitriles is 1. The summed E-state index contributed by atoms with van der Waals surface area (Å²) in [6, 6.07) is 2.01. The first-order valence-electron chi connectivity index (χ1n) is 6.12. The highest BCUT2D eigenvalue weighted by molar-refractivity contribution is 7.98. The molecule has 5 nitrogen and oxygen atoms in total. The minimum atomic E-state index is 0.140. The van der Waals surface area contributed by atoms with Gasteiger partial charge in [-0.2, -0.15) is 5.26 Å². The molecule has 0 saturated carbocycles. The fraction of sp³-hybridized carbons (Fsp3) is 0.308. The van der Waals surface area contributed by atoms with E-state index in [0.29, 0.717) is 28.6 Å². The fourth-order valence-corrected chi connectivity index (χ4v) is 3.57. The van der Waals surface area contributed by atoms with Crippen LogP contribution in [0.3, 0.4) is 0 Å². The summed E-state index contributed by atoms with van der Waals surface area (Å²) < 4.78 is 0. The number of Topliss-reactive ketones (excluding diaryl/α,β-unsaturated/α-hetero) is 1. The topological polar surface area (TPSA) is 79.5 Å². The zero-order valence-electron chi connectivity index (χ0n) is 10.5. The number of rotatable bonds is 3. The average molecular weight is 302 g/mol. The van der Waals surface area contributed by atoms with Crippen LogP contribution in [0.2, 0.25) is 0 Å². The number of carbonyl (C=O) groups is 1. The molecule has 7 heteroatoms. The molecule has 1 aliphatic carbocycles. The fourth-order valence-electron chi connectivity index (χ4n) is 2.00. The molecule has 0 bridgehead atoms. The van der Waals surface area contributed by atoms with Crippen molar-refractivity contribution >= 4 is 28.9 Å². The van der Waals surface area contributed by atoms with Crippen molar-refractivity contribution in [1.29, 1.82) is 5.26 Å². The standard InChI is InChI=1S/C13H10N4OS2/c14-4-8-6-19-12(16-8)7-20-13-15-5-9-10(17-13)2-1-3-11(9)18/h5-6H,1-3,7H2. The number of fused-ring (bicyclic) bond motifs is 1. The van der Waals surface area contributed by atoms with Crippen LogP contribution in [0.1, 0.15) is 39.6 Å². The van der Waals surface area contributed by atoms with Crippen molar-refractivity contribution in [3.63, 3.8) is 0 Å². The Balaban J connectivity index is 1.72. The van der Waals surface area contributed by atoms with Crippen molar-refractivity contribution in [3.05, 3.63) is 33.5 Å². The van der Waals surface area contributed by atoms with Gasteiger partial charge in [-0.05, 0) is 12.8 Å². The third-order valence-corrected chi connectivity index (χ3v) is 4.86. The minimum absolute atomic E-state index is 0.140. The van der Waals surface area contributed by atoms with Gasteiger partial charge in [-0.3, -0.25) is 4.79 Å². The monoisotopic (exact) mass is 302 g/mol. The van der Waals surface area contributed by atoms with E-state index in [9.17, 15) is 4.79 Å². The Labute approximate surface area is 124 Å². The first kappa shape index (κ1) is 13.2. The van der Waals surface area contributed by atoms with Gasteiger partial charge in [-0.15, -0.1) is 11.3 Å². The summed E-state index contributed by atoms with van der Waals surface area (Å²) in [5.41, 5.74) is 1.97. The lowest BCUT2D eigenvalue weighted by Crippen LogP contribution is -2.13. The Morgan fingerprint density at radius 3 is 3.10 bits per heavy atom. The maximum Gasteiger partial charge on any atom is 0.188 e. The molecule has 20 heavy (non-hydrogen) atoms. The van der Waals surface area contributed by atoms with Gasteiger partial charge in [-0.25, -0.2) is 15.0 Å². The summed E-state index contributed by atoms with van der Waals surface area (Å²) in [5.74, 6) is 0.778. The van der Waals surface area contributed by atoms with Gasteiger partial charge in [0.2, 0.25) is 0 Å². The van der Waals surface area contributed by atoms with Gasteiger partial charge in [0, 0.05) is 18.0 Å². The third kappa shape index (κ3) is 2.71. The highest BCUT2D eigenvalue weighted by Crippen LogP contribution is 2.25. The lowest BCUT2D eigenvalue weighted by atomic mass is 9.96. The van der Waals surface area contributed by atoms with Gasteiger partial charge >= 0.3 is 0 Å². The Bertz CT molecular complexity index is 705. The molecule has 0 spiro atoms. The number of hydrogen-bond donors (Lipinski definition) is 0. The van der Waals surface area contributed by atoms with Crippen LogP contribution in [0.15, 0.2) is 16.7 Å². The Kier molecular flexibility index (Phi) is 3.76. The van der Waals surface area contributed by atoms with Crippen LogP contribution in [-0.4, -0.2) is 20.7 Å². The minimum Gasteiger partial charge on any atom is -0.294 e. The first-order valence-corrected chi connectivity index (χ1v) is 7.99. The highest BCUT2D eigenvalue weighted by Gasteiger charge is 2.19. The summed E-state index contributed by atoms with van der Waals surface area (Å²) in [5, 5.41) is 12.0. The summed E-state index contributed by atoms with van der Waals surface area (Å²) in [6.07, 6.45) is 3.94. The molecular formula is C13H10N4OS2. The van der Waals surface area contributed by atoms with E-state index in [2.05, 4.69) is 15.0 Å². The second-order valence-electron chi connectivity index (χ2n) is 4.32. The van der Waals surface area contributed by atoms with E-state index in [1.54, 1.807) is 11.6 Å². The molecule has 0 fully saturated rings. The predicted molar refractivity (Wildman–Crippen MR) is 75.7 cm³/mol. The molecule has 1 aliphatic rings. The molecule has 0 aliphatic heterocycles. The lowest BCUT2D eigenvalue weighted by molar-refractivity contribution is 0.0970. The molecule has 0 atom stereocenters. The molecule has 3 rings (SSSR count). The Morgan fingerprint density at radius 1 is 1.40 bits per heavy atom. The average Bonchev–Trinajstić information content (AvgIpc) is 2.93.